The fraction of sp³-hybridized carbons (Fsp3) is 0.500. The van der Waals surface area contributed by atoms with Crippen molar-refractivity contribution < 1.29 is 18.7 Å². The average molecular weight is 408 g/mol. The van der Waals surface area contributed by atoms with Crippen LogP contribution in [-0.4, -0.2) is 42.1 Å². The largest absolute Gasteiger partial charge is 0.463 e. The van der Waals surface area contributed by atoms with Gasteiger partial charge in [-0.2, -0.15) is 0 Å². The lowest BCUT2D eigenvalue weighted by molar-refractivity contribution is 0.0183. The van der Waals surface area contributed by atoms with E-state index in [1.54, 1.807) is 11.0 Å². The predicted molar refractivity (Wildman–Crippen MR) is 109 cm³/mol. The highest BCUT2D eigenvalue weighted by molar-refractivity contribution is 6.35. The predicted octanol–water partition coefficient (Wildman–Crippen LogP) is 4.05. The van der Waals surface area contributed by atoms with Crippen LogP contribution in [0.1, 0.15) is 44.0 Å². The zero-order valence-corrected chi connectivity index (χ0v) is 17.1. The lowest BCUT2D eigenvalue weighted by atomic mass is 9.97. The minimum atomic E-state index is -0.501. The Balaban J connectivity index is 1.55. The Bertz CT molecular complexity index is 879. The number of halogens is 1. The van der Waals surface area contributed by atoms with E-state index in [-0.39, 0.29) is 12.0 Å². The molecule has 8 heteroatoms. The van der Waals surface area contributed by atoms with Crippen molar-refractivity contribution in [3.05, 3.63) is 29.0 Å². The maximum absolute atomic E-state index is 12.6. The molecule has 0 aliphatic carbocycles. The number of hydrogen-bond acceptors (Lipinski definition) is 5. The third kappa shape index (κ3) is 4.52. The van der Waals surface area contributed by atoms with Crippen molar-refractivity contribution in [2.24, 2.45) is 5.92 Å². The van der Waals surface area contributed by atoms with Gasteiger partial charge in [0.1, 0.15) is 11.2 Å². The van der Waals surface area contributed by atoms with Gasteiger partial charge in [-0.3, -0.25) is 4.79 Å². The molecular weight excluding hydrogens is 382 g/mol. The van der Waals surface area contributed by atoms with Gasteiger partial charge in [0.2, 0.25) is 0 Å². The minimum absolute atomic E-state index is 0.253. The Morgan fingerprint density at radius 2 is 2.04 bits per heavy atom. The van der Waals surface area contributed by atoms with Crippen LogP contribution in [0.4, 0.5) is 10.5 Å². The van der Waals surface area contributed by atoms with Gasteiger partial charge in [0.25, 0.3) is 5.91 Å². The molecule has 1 aliphatic rings. The summed E-state index contributed by atoms with van der Waals surface area (Å²) in [6.07, 6.45) is 2.81. The van der Waals surface area contributed by atoms with Crippen molar-refractivity contribution in [3.63, 3.8) is 0 Å². The summed E-state index contributed by atoms with van der Waals surface area (Å²) in [6.45, 7) is 7.31. The summed E-state index contributed by atoms with van der Waals surface area (Å²) in [4.78, 5) is 26.5. The summed E-state index contributed by atoms with van der Waals surface area (Å²) in [5.41, 5.74) is 6.63. The van der Waals surface area contributed by atoms with Gasteiger partial charge in [0.05, 0.1) is 22.5 Å². The number of carbonyl (C=O) groups is 2. The number of amides is 2. The number of piperidine rings is 1. The first-order chi connectivity index (χ1) is 13.2. The molecule has 0 saturated carbocycles. The van der Waals surface area contributed by atoms with Crippen molar-refractivity contribution in [1.82, 2.24) is 10.2 Å². The van der Waals surface area contributed by atoms with E-state index in [4.69, 9.17) is 26.5 Å². The van der Waals surface area contributed by atoms with Gasteiger partial charge in [0, 0.05) is 25.0 Å². The number of anilines is 1. The molecular formula is C20H26ClN3O4. The number of ether oxygens (including phenoxy) is 1. The molecule has 1 saturated heterocycles. The Morgan fingerprint density at radius 1 is 1.36 bits per heavy atom. The number of rotatable bonds is 3. The Labute approximate surface area is 169 Å². The number of carbonyl (C=O) groups excluding carboxylic acids is 2. The standard InChI is InChI=1S/C20H26ClN3O4/c1-20(2,3)28-19(26)24-7-4-12(5-8-24)11-23-18(25)14-10-15(21)16(22)13-6-9-27-17(13)14/h6,9-10,12H,4-5,7-8,11,22H2,1-3H3,(H,23,25). The normalized spacial score (nSPS) is 15.6. The molecule has 2 aromatic rings. The summed E-state index contributed by atoms with van der Waals surface area (Å²) >= 11 is 6.14. The SMILES string of the molecule is CC(C)(C)OC(=O)N1CCC(CNC(=O)c2cc(Cl)c(N)c3ccoc23)CC1. The Hall–Kier alpha value is -2.41. The molecule has 0 bridgehead atoms. The van der Waals surface area contributed by atoms with Gasteiger partial charge in [-0.25, -0.2) is 4.79 Å². The van der Waals surface area contributed by atoms with Crippen LogP contribution >= 0.6 is 11.6 Å². The number of nitrogen functional groups attached to an aromatic ring is 1. The highest BCUT2D eigenvalue weighted by Gasteiger charge is 2.27. The summed E-state index contributed by atoms with van der Waals surface area (Å²) in [5.74, 6) is 0.0374. The number of nitrogens with one attached hydrogen (secondary N) is 1. The molecule has 0 atom stereocenters. The number of benzene rings is 1. The zero-order chi connectivity index (χ0) is 20.5. The summed E-state index contributed by atoms with van der Waals surface area (Å²) in [6, 6.07) is 3.23. The molecule has 3 rings (SSSR count). The van der Waals surface area contributed by atoms with Crippen molar-refractivity contribution in [3.8, 4) is 0 Å². The van der Waals surface area contributed by atoms with Gasteiger partial charge in [-0.1, -0.05) is 11.6 Å². The smallest absolute Gasteiger partial charge is 0.410 e. The van der Waals surface area contributed by atoms with E-state index in [9.17, 15) is 9.59 Å². The number of likely N-dealkylation sites (tertiary alicyclic amines) is 1. The maximum atomic E-state index is 12.6. The molecule has 0 unspecified atom stereocenters. The lowest BCUT2D eigenvalue weighted by Crippen LogP contribution is -2.43. The first-order valence-electron chi connectivity index (χ1n) is 9.37. The molecule has 3 N–H and O–H groups in total. The quantitative estimate of drug-likeness (QED) is 0.748. The van der Waals surface area contributed by atoms with Crippen LogP contribution in [0, 0.1) is 5.92 Å². The second-order valence-corrected chi connectivity index (χ2v) is 8.51. The first-order valence-corrected chi connectivity index (χ1v) is 9.75. The third-order valence-corrected chi connectivity index (χ3v) is 5.10. The highest BCUT2D eigenvalue weighted by Crippen LogP contribution is 2.32. The molecule has 1 fully saturated rings. The van der Waals surface area contributed by atoms with Crippen LogP contribution in [-0.2, 0) is 4.74 Å². The Kier molecular flexibility index (Phi) is 5.74. The number of fused-ring (bicyclic) bond motifs is 1. The van der Waals surface area contributed by atoms with Crippen LogP contribution in [0.3, 0.4) is 0 Å². The topological polar surface area (TPSA) is 97.8 Å². The van der Waals surface area contributed by atoms with Crippen LogP contribution in [0.25, 0.3) is 11.0 Å². The first kappa shape index (κ1) is 20.3. The van der Waals surface area contributed by atoms with Gasteiger partial charge >= 0.3 is 6.09 Å². The second-order valence-electron chi connectivity index (χ2n) is 8.10. The van der Waals surface area contributed by atoms with E-state index >= 15 is 0 Å². The third-order valence-electron chi connectivity index (χ3n) is 4.79. The monoisotopic (exact) mass is 407 g/mol. The molecule has 2 heterocycles. The molecule has 152 valence electrons. The number of hydrogen-bond donors (Lipinski definition) is 2. The maximum Gasteiger partial charge on any atom is 0.410 e. The van der Waals surface area contributed by atoms with Crippen molar-refractivity contribution in [2.75, 3.05) is 25.4 Å². The number of nitrogens with two attached hydrogens (primary N) is 1. The molecule has 1 aromatic carbocycles. The molecule has 1 aromatic heterocycles. The van der Waals surface area contributed by atoms with E-state index in [0.29, 0.717) is 52.8 Å². The summed E-state index contributed by atoms with van der Waals surface area (Å²) < 4.78 is 10.8. The van der Waals surface area contributed by atoms with E-state index in [1.165, 1.54) is 12.3 Å². The fourth-order valence-corrected chi connectivity index (χ4v) is 3.49. The highest BCUT2D eigenvalue weighted by atomic mass is 35.5. The summed E-state index contributed by atoms with van der Waals surface area (Å²) in [5, 5.41) is 3.90. The molecule has 1 aliphatic heterocycles. The van der Waals surface area contributed by atoms with Crippen LogP contribution in [0.5, 0.6) is 0 Å². The van der Waals surface area contributed by atoms with E-state index in [1.807, 2.05) is 20.8 Å². The zero-order valence-electron chi connectivity index (χ0n) is 16.4. The molecule has 28 heavy (non-hydrogen) atoms. The van der Waals surface area contributed by atoms with Gasteiger partial charge < -0.3 is 25.1 Å². The summed E-state index contributed by atoms with van der Waals surface area (Å²) in [7, 11) is 0. The van der Waals surface area contributed by atoms with Gasteiger partial charge in [0.15, 0.2) is 0 Å². The van der Waals surface area contributed by atoms with E-state index in [0.717, 1.165) is 12.8 Å². The van der Waals surface area contributed by atoms with Crippen molar-refractivity contribution in [2.45, 2.75) is 39.2 Å². The van der Waals surface area contributed by atoms with E-state index in [2.05, 4.69) is 5.32 Å². The lowest BCUT2D eigenvalue weighted by Gasteiger charge is -2.33. The average Bonchev–Trinajstić information content (AvgIpc) is 3.11. The van der Waals surface area contributed by atoms with Gasteiger partial charge in [-0.05, 0) is 51.7 Å². The van der Waals surface area contributed by atoms with Crippen LogP contribution in [0.2, 0.25) is 5.02 Å². The van der Waals surface area contributed by atoms with Crippen molar-refractivity contribution in [1.29, 1.82) is 0 Å². The molecule has 0 spiro atoms. The van der Waals surface area contributed by atoms with Crippen LogP contribution < -0.4 is 11.1 Å². The van der Waals surface area contributed by atoms with Gasteiger partial charge in [-0.15, -0.1) is 0 Å². The molecule has 7 nitrogen and oxygen atoms in total. The minimum Gasteiger partial charge on any atom is -0.463 e. The van der Waals surface area contributed by atoms with Crippen LogP contribution in [0.15, 0.2) is 22.8 Å². The fourth-order valence-electron chi connectivity index (χ4n) is 3.28. The second kappa shape index (κ2) is 7.91. The number of nitrogens with zero attached hydrogens (tertiary/aromatic N) is 1. The number of furan rings is 1. The molecule has 2 amide bonds. The Morgan fingerprint density at radius 3 is 2.68 bits per heavy atom. The van der Waals surface area contributed by atoms with E-state index < -0.39 is 5.60 Å². The molecule has 0 radical (unpaired) electrons. The van der Waals surface area contributed by atoms with Crippen molar-refractivity contribution >= 4 is 40.3 Å².